The average molecular weight is 313 g/mol. The van der Waals surface area contributed by atoms with Crippen molar-refractivity contribution in [3.63, 3.8) is 0 Å². The zero-order valence-electron chi connectivity index (χ0n) is 11.6. The van der Waals surface area contributed by atoms with Crippen molar-refractivity contribution in [3.8, 4) is 0 Å². The molecule has 1 atom stereocenters. The van der Waals surface area contributed by atoms with Gasteiger partial charge in [-0.25, -0.2) is 8.42 Å². The van der Waals surface area contributed by atoms with Gasteiger partial charge in [0, 0.05) is 32.3 Å². The molecular weight excluding hydrogens is 298 g/mol. The Morgan fingerprint density at radius 2 is 2.00 bits per heavy atom. The molecule has 1 aliphatic heterocycles. The fourth-order valence-corrected chi connectivity index (χ4v) is 3.84. The lowest BCUT2D eigenvalue weighted by atomic mass is 10.2. The summed E-state index contributed by atoms with van der Waals surface area (Å²) in [5, 5.41) is 10.8. The topological polar surface area (TPSA) is 101 Å². The number of nitro benzene ring substituents is 1. The lowest BCUT2D eigenvalue weighted by Gasteiger charge is -2.36. The SMILES string of the molecule is CC1C(=O)N(C)CCN1S(=O)(=O)c1cccc([N+](=O)[O-])c1. The second kappa shape index (κ2) is 5.41. The van der Waals surface area contributed by atoms with Gasteiger partial charge in [-0.3, -0.25) is 14.9 Å². The summed E-state index contributed by atoms with van der Waals surface area (Å²) in [5.74, 6) is -0.296. The summed E-state index contributed by atoms with van der Waals surface area (Å²) in [6, 6.07) is 4.00. The van der Waals surface area contributed by atoms with Crippen LogP contribution in [0.5, 0.6) is 0 Å². The van der Waals surface area contributed by atoms with Gasteiger partial charge < -0.3 is 4.90 Å². The summed E-state index contributed by atoms with van der Waals surface area (Å²) in [7, 11) is -2.33. The number of hydrogen-bond acceptors (Lipinski definition) is 5. The lowest BCUT2D eigenvalue weighted by molar-refractivity contribution is -0.385. The maximum absolute atomic E-state index is 12.6. The molecule has 0 saturated carbocycles. The second-order valence-corrected chi connectivity index (χ2v) is 6.70. The van der Waals surface area contributed by atoms with Crippen LogP contribution in [0, 0.1) is 10.1 Å². The van der Waals surface area contributed by atoms with Crippen LogP contribution in [0.1, 0.15) is 6.92 Å². The number of nitro groups is 1. The van der Waals surface area contributed by atoms with Crippen LogP contribution in [0.15, 0.2) is 29.2 Å². The third-order valence-electron chi connectivity index (χ3n) is 3.46. The van der Waals surface area contributed by atoms with Crippen molar-refractivity contribution >= 4 is 21.6 Å². The van der Waals surface area contributed by atoms with E-state index in [0.717, 1.165) is 10.4 Å². The highest BCUT2D eigenvalue weighted by Crippen LogP contribution is 2.24. The Hall–Kier alpha value is -2.00. The van der Waals surface area contributed by atoms with E-state index < -0.39 is 21.0 Å². The maximum atomic E-state index is 12.6. The summed E-state index contributed by atoms with van der Waals surface area (Å²) in [4.78, 5) is 23.3. The van der Waals surface area contributed by atoms with E-state index in [1.165, 1.54) is 30.0 Å². The number of sulfonamides is 1. The fraction of sp³-hybridized carbons (Fsp3) is 0.417. The zero-order valence-corrected chi connectivity index (χ0v) is 12.4. The van der Waals surface area contributed by atoms with Gasteiger partial charge in [0.05, 0.1) is 9.82 Å². The number of benzene rings is 1. The highest BCUT2D eigenvalue weighted by Gasteiger charge is 2.38. The normalized spacial score (nSPS) is 20.6. The van der Waals surface area contributed by atoms with E-state index in [0.29, 0.717) is 0 Å². The number of carbonyl (C=O) groups is 1. The van der Waals surface area contributed by atoms with E-state index in [2.05, 4.69) is 0 Å². The summed E-state index contributed by atoms with van der Waals surface area (Å²) >= 11 is 0. The number of piperazine rings is 1. The summed E-state index contributed by atoms with van der Waals surface area (Å²) in [6.45, 7) is 1.96. The van der Waals surface area contributed by atoms with Gasteiger partial charge in [0.15, 0.2) is 0 Å². The predicted molar refractivity (Wildman–Crippen MR) is 74.1 cm³/mol. The van der Waals surface area contributed by atoms with E-state index in [1.54, 1.807) is 7.05 Å². The first-order valence-corrected chi connectivity index (χ1v) is 7.70. The molecule has 114 valence electrons. The summed E-state index contributed by atoms with van der Waals surface area (Å²) < 4.78 is 26.2. The molecule has 0 spiro atoms. The lowest BCUT2D eigenvalue weighted by Crippen LogP contribution is -2.56. The smallest absolute Gasteiger partial charge is 0.270 e. The molecule has 0 N–H and O–H groups in total. The van der Waals surface area contributed by atoms with Gasteiger partial charge in [0.25, 0.3) is 5.69 Å². The third-order valence-corrected chi connectivity index (χ3v) is 5.42. The van der Waals surface area contributed by atoms with E-state index in [9.17, 15) is 23.3 Å². The van der Waals surface area contributed by atoms with Crippen LogP contribution < -0.4 is 0 Å². The quantitative estimate of drug-likeness (QED) is 0.595. The van der Waals surface area contributed by atoms with Crippen LogP contribution in [-0.2, 0) is 14.8 Å². The molecule has 1 aliphatic rings. The molecule has 21 heavy (non-hydrogen) atoms. The van der Waals surface area contributed by atoms with E-state index >= 15 is 0 Å². The van der Waals surface area contributed by atoms with Crippen LogP contribution in [0.4, 0.5) is 5.69 Å². The number of hydrogen-bond donors (Lipinski definition) is 0. The predicted octanol–water partition coefficient (Wildman–Crippen LogP) is 0.446. The molecule has 0 radical (unpaired) electrons. The molecule has 1 aromatic carbocycles. The summed E-state index contributed by atoms with van der Waals surface area (Å²) in [6.07, 6.45) is 0. The van der Waals surface area contributed by atoms with Gasteiger partial charge in [0.2, 0.25) is 15.9 Å². The van der Waals surface area contributed by atoms with E-state index in [-0.39, 0.29) is 29.6 Å². The number of nitrogens with zero attached hydrogens (tertiary/aromatic N) is 3. The minimum absolute atomic E-state index is 0.161. The fourth-order valence-electron chi connectivity index (χ4n) is 2.22. The monoisotopic (exact) mass is 313 g/mol. The molecule has 1 amide bonds. The van der Waals surface area contributed by atoms with Crippen LogP contribution >= 0.6 is 0 Å². The standard InChI is InChI=1S/C12H15N3O5S/c1-9-12(16)13(2)6-7-14(9)21(19,20)11-5-3-4-10(8-11)15(17)18/h3-5,8-9H,6-7H2,1-2H3. The Morgan fingerprint density at radius 3 is 2.62 bits per heavy atom. The van der Waals surface area contributed by atoms with Crippen LogP contribution in [0.25, 0.3) is 0 Å². The number of non-ortho nitro benzene ring substituents is 1. The van der Waals surface area contributed by atoms with Gasteiger partial charge in [-0.15, -0.1) is 0 Å². The van der Waals surface area contributed by atoms with Crippen molar-refractivity contribution in [1.82, 2.24) is 9.21 Å². The van der Waals surface area contributed by atoms with Crippen molar-refractivity contribution in [3.05, 3.63) is 34.4 Å². The molecule has 8 nitrogen and oxygen atoms in total. The average Bonchev–Trinajstić information content (AvgIpc) is 2.44. The van der Waals surface area contributed by atoms with Crippen molar-refractivity contribution < 1.29 is 18.1 Å². The first-order valence-electron chi connectivity index (χ1n) is 6.26. The van der Waals surface area contributed by atoms with Crippen LogP contribution in [0.2, 0.25) is 0 Å². The van der Waals surface area contributed by atoms with Gasteiger partial charge in [-0.2, -0.15) is 4.31 Å². The molecule has 0 aliphatic carbocycles. The highest BCUT2D eigenvalue weighted by atomic mass is 32.2. The van der Waals surface area contributed by atoms with Crippen molar-refractivity contribution in [2.75, 3.05) is 20.1 Å². The number of rotatable bonds is 3. The van der Waals surface area contributed by atoms with Crippen molar-refractivity contribution in [2.24, 2.45) is 0 Å². The molecular formula is C12H15N3O5S. The molecule has 9 heteroatoms. The zero-order chi connectivity index (χ0) is 15.8. The Kier molecular flexibility index (Phi) is 3.97. The van der Waals surface area contributed by atoms with Gasteiger partial charge in [-0.05, 0) is 13.0 Å². The largest absolute Gasteiger partial charge is 0.343 e. The Morgan fingerprint density at radius 1 is 1.33 bits per heavy atom. The minimum atomic E-state index is -3.94. The molecule has 1 heterocycles. The number of amides is 1. The van der Waals surface area contributed by atoms with Crippen LogP contribution in [0.3, 0.4) is 0 Å². The first kappa shape index (κ1) is 15.4. The second-order valence-electron chi connectivity index (χ2n) is 4.81. The number of likely N-dealkylation sites (N-methyl/N-ethyl adjacent to an activating group) is 1. The van der Waals surface area contributed by atoms with Crippen LogP contribution in [-0.4, -0.2) is 54.6 Å². The first-order chi connectivity index (χ1) is 9.75. The van der Waals surface area contributed by atoms with E-state index in [4.69, 9.17) is 0 Å². The maximum Gasteiger partial charge on any atom is 0.270 e. The number of carbonyl (C=O) groups excluding carboxylic acids is 1. The summed E-state index contributed by atoms with van der Waals surface area (Å²) in [5.41, 5.74) is -0.302. The molecule has 0 aromatic heterocycles. The van der Waals surface area contributed by atoms with Crippen molar-refractivity contribution in [1.29, 1.82) is 0 Å². The molecule has 1 saturated heterocycles. The van der Waals surface area contributed by atoms with Gasteiger partial charge in [-0.1, -0.05) is 6.07 Å². The molecule has 1 aromatic rings. The Bertz CT molecular complexity index is 688. The Balaban J connectivity index is 2.40. The van der Waals surface area contributed by atoms with Gasteiger partial charge in [0.1, 0.15) is 6.04 Å². The van der Waals surface area contributed by atoms with Gasteiger partial charge >= 0.3 is 0 Å². The minimum Gasteiger partial charge on any atom is -0.343 e. The molecule has 0 bridgehead atoms. The molecule has 1 fully saturated rings. The Labute approximate surface area is 122 Å². The third kappa shape index (κ3) is 2.74. The van der Waals surface area contributed by atoms with E-state index in [1.807, 2.05) is 0 Å². The highest BCUT2D eigenvalue weighted by molar-refractivity contribution is 7.89. The van der Waals surface area contributed by atoms with Crippen molar-refractivity contribution in [2.45, 2.75) is 17.9 Å². The molecule has 2 rings (SSSR count). The molecule has 1 unspecified atom stereocenters.